The highest BCUT2D eigenvalue weighted by Gasteiger charge is 2.24. The van der Waals surface area contributed by atoms with Crippen molar-refractivity contribution in [1.29, 1.82) is 0 Å². The van der Waals surface area contributed by atoms with Crippen molar-refractivity contribution in [2.75, 3.05) is 25.5 Å². The minimum atomic E-state index is -3.54. The van der Waals surface area contributed by atoms with Crippen LogP contribution in [0.1, 0.15) is 13.8 Å². The third kappa shape index (κ3) is 3.22. The molecule has 0 aliphatic carbocycles. The molecule has 1 aromatic carbocycles. The maximum Gasteiger partial charge on any atom is 0.243 e. The second-order valence-electron chi connectivity index (χ2n) is 4.11. The molecule has 1 atom stereocenters. The quantitative estimate of drug-likeness (QED) is 0.814. The number of anilines is 1. The lowest BCUT2D eigenvalue weighted by molar-refractivity contribution is 0.214. The molecule has 0 radical (unpaired) electrons. The molecule has 102 valence electrons. The van der Waals surface area contributed by atoms with Gasteiger partial charge in [-0.05, 0) is 38.1 Å². The molecule has 2 N–H and O–H groups in total. The van der Waals surface area contributed by atoms with E-state index < -0.39 is 16.1 Å². The average Bonchev–Trinajstić information content (AvgIpc) is 2.38. The van der Waals surface area contributed by atoms with E-state index >= 15 is 0 Å². The van der Waals surface area contributed by atoms with E-state index in [1.807, 2.05) is 6.92 Å². The van der Waals surface area contributed by atoms with E-state index in [0.717, 1.165) is 12.2 Å². The van der Waals surface area contributed by atoms with Crippen LogP contribution in [-0.4, -0.2) is 44.1 Å². The Bertz CT molecular complexity index is 471. The lowest BCUT2D eigenvalue weighted by Crippen LogP contribution is -2.37. The average molecular weight is 272 g/mol. The summed E-state index contributed by atoms with van der Waals surface area (Å²) in [4.78, 5) is 0.229. The summed E-state index contributed by atoms with van der Waals surface area (Å²) in [5.74, 6) is 0. The van der Waals surface area contributed by atoms with Gasteiger partial charge in [-0.3, -0.25) is 0 Å². The fourth-order valence-electron chi connectivity index (χ4n) is 1.47. The van der Waals surface area contributed by atoms with Crippen LogP contribution in [0, 0.1) is 0 Å². The lowest BCUT2D eigenvalue weighted by Gasteiger charge is -2.22. The topological polar surface area (TPSA) is 69.6 Å². The molecule has 0 spiro atoms. The summed E-state index contributed by atoms with van der Waals surface area (Å²) in [7, 11) is -2.07. The minimum absolute atomic E-state index is 0.203. The Morgan fingerprint density at radius 3 is 2.33 bits per heavy atom. The number of nitrogens with zero attached hydrogens (tertiary/aromatic N) is 1. The smallest absolute Gasteiger partial charge is 0.243 e. The summed E-state index contributed by atoms with van der Waals surface area (Å²) in [6.07, 6.45) is 0. The molecular weight excluding hydrogens is 252 g/mol. The van der Waals surface area contributed by atoms with Crippen molar-refractivity contribution in [3.8, 4) is 0 Å². The molecule has 6 heteroatoms. The third-order valence-corrected chi connectivity index (χ3v) is 4.78. The third-order valence-electron chi connectivity index (χ3n) is 2.80. The first-order chi connectivity index (χ1) is 8.43. The molecule has 1 aromatic rings. The highest BCUT2D eigenvalue weighted by molar-refractivity contribution is 7.89. The van der Waals surface area contributed by atoms with Gasteiger partial charge in [0.25, 0.3) is 0 Å². The first kappa shape index (κ1) is 14.9. The first-order valence-electron chi connectivity index (χ1n) is 5.86. The van der Waals surface area contributed by atoms with Crippen LogP contribution in [0.5, 0.6) is 0 Å². The van der Waals surface area contributed by atoms with Crippen LogP contribution >= 0.6 is 0 Å². The molecule has 0 aromatic heterocycles. The number of nitrogens with one attached hydrogen (secondary N) is 1. The van der Waals surface area contributed by atoms with Gasteiger partial charge in [0.15, 0.2) is 0 Å². The van der Waals surface area contributed by atoms with Gasteiger partial charge in [0.1, 0.15) is 0 Å². The van der Waals surface area contributed by atoms with E-state index in [0.29, 0.717) is 0 Å². The van der Waals surface area contributed by atoms with E-state index in [1.54, 1.807) is 31.2 Å². The van der Waals surface area contributed by atoms with Crippen molar-refractivity contribution in [3.05, 3.63) is 24.3 Å². The van der Waals surface area contributed by atoms with Gasteiger partial charge in [0, 0.05) is 25.3 Å². The van der Waals surface area contributed by atoms with Gasteiger partial charge in [0.05, 0.1) is 11.5 Å². The molecule has 0 aliphatic heterocycles. The van der Waals surface area contributed by atoms with Crippen molar-refractivity contribution in [1.82, 2.24) is 4.31 Å². The van der Waals surface area contributed by atoms with Crippen molar-refractivity contribution in [2.24, 2.45) is 0 Å². The van der Waals surface area contributed by atoms with Crippen LogP contribution in [0.2, 0.25) is 0 Å². The van der Waals surface area contributed by atoms with E-state index in [4.69, 9.17) is 5.11 Å². The Labute approximate surface area is 108 Å². The van der Waals surface area contributed by atoms with Gasteiger partial charge in [-0.2, -0.15) is 4.31 Å². The van der Waals surface area contributed by atoms with Crippen molar-refractivity contribution >= 4 is 15.7 Å². The van der Waals surface area contributed by atoms with Crippen LogP contribution in [0.25, 0.3) is 0 Å². The zero-order chi connectivity index (χ0) is 13.8. The number of likely N-dealkylation sites (N-methyl/N-ethyl adjacent to an activating group) is 1. The second kappa shape index (κ2) is 6.17. The van der Waals surface area contributed by atoms with Gasteiger partial charge in [0.2, 0.25) is 10.0 Å². The van der Waals surface area contributed by atoms with Crippen LogP contribution in [0.15, 0.2) is 29.2 Å². The fraction of sp³-hybridized carbons (Fsp3) is 0.500. The molecule has 1 unspecified atom stereocenters. The summed E-state index contributed by atoms with van der Waals surface area (Å²) in [5, 5.41) is 12.1. The van der Waals surface area contributed by atoms with Crippen molar-refractivity contribution in [2.45, 2.75) is 24.8 Å². The molecule has 1 rings (SSSR count). The minimum Gasteiger partial charge on any atom is -0.395 e. The summed E-state index contributed by atoms with van der Waals surface area (Å²) in [5.41, 5.74) is 0.884. The Kier molecular flexibility index (Phi) is 5.13. The van der Waals surface area contributed by atoms with Gasteiger partial charge in [-0.1, -0.05) is 0 Å². The number of rotatable bonds is 6. The number of aliphatic hydroxyl groups excluding tert-OH is 1. The van der Waals surface area contributed by atoms with Crippen molar-refractivity contribution < 1.29 is 13.5 Å². The van der Waals surface area contributed by atoms with Gasteiger partial charge in [-0.15, -0.1) is 0 Å². The van der Waals surface area contributed by atoms with Crippen LogP contribution in [-0.2, 0) is 10.0 Å². The molecule has 0 heterocycles. The maximum atomic E-state index is 12.2. The molecule has 18 heavy (non-hydrogen) atoms. The predicted molar refractivity (Wildman–Crippen MR) is 72.1 cm³/mol. The summed E-state index contributed by atoms with van der Waals surface area (Å²) < 4.78 is 25.6. The maximum absolute atomic E-state index is 12.2. The molecule has 0 amide bonds. The number of hydrogen-bond acceptors (Lipinski definition) is 4. The standard InChI is InChI=1S/C12H20N2O3S/c1-4-13-11-5-7-12(8-6-11)18(16,17)14(3)10(2)9-15/h5-8,10,13,15H,4,9H2,1-3H3. The number of sulfonamides is 1. The number of aliphatic hydroxyl groups is 1. The Morgan fingerprint density at radius 1 is 1.33 bits per heavy atom. The van der Waals surface area contributed by atoms with E-state index in [-0.39, 0.29) is 11.5 Å². The molecule has 0 aliphatic rings. The SMILES string of the molecule is CCNc1ccc(S(=O)(=O)N(C)C(C)CO)cc1. The molecule has 0 saturated heterocycles. The van der Waals surface area contributed by atoms with E-state index in [1.165, 1.54) is 11.4 Å². The lowest BCUT2D eigenvalue weighted by atomic mass is 10.3. The summed E-state index contributed by atoms with van der Waals surface area (Å²) >= 11 is 0. The van der Waals surface area contributed by atoms with Gasteiger partial charge < -0.3 is 10.4 Å². The number of hydrogen-bond donors (Lipinski definition) is 2. The van der Waals surface area contributed by atoms with Gasteiger partial charge >= 0.3 is 0 Å². The monoisotopic (exact) mass is 272 g/mol. The summed E-state index contributed by atoms with van der Waals surface area (Å²) in [6.45, 7) is 4.21. The molecule has 0 bridgehead atoms. The number of benzene rings is 1. The van der Waals surface area contributed by atoms with E-state index in [2.05, 4.69) is 5.32 Å². The largest absolute Gasteiger partial charge is 0.395 e. The first-order valence-corrected chi connectivity index (χ1v) is 7.30. The summed E-state index contributed by atoms with van der Waals surface area (Å²) in [6, 6.07) is 6.15. The molecule has 0 saturated carbocycles. The van der Waals surface area contributed by atoms with Crippen molar-refractivity contribution in [3.63, 3.8) is 0 Å². The van der Waals surface area contributed by atoms with Crippen LogP contribution < -0.4 is 5.32 Å². The zero-order valence-electron chi connectivity index (χ0n) is 10.9. The van der Waals surface area contributed by atoms with Crippen LogP contribution in [0.3, 0.4) is 0 Å². The Hall–Kier alpha value is -1.11. The van der Waals surface area contributed by atoms with Gasteiger partial charge in [-0.25, -0.2) is 8.42 Å². The molecular formula is C12H20N2O3S. The fourth-order valence-corrected chi connectivity index (χ4v) is 2.82. The predicted octanol–water partition coefficient (Wildman–Crippen LogP) is 1.12. The highest BCUT2D eigenvalue weighted by Crippen LogP contribution is 2.18. The molecule has 0 fully saturated rings. The Balaban J connectivity index is 2.98. The normalized spacial score (nSPS) is 13.6. The van der Waals surface area contributed by atoms with E-state index in [9.17, 15) is 8.42 Å². The highest BCUT2D eigenvalue weighted by atomic mass is 32.2. The molecule has 5 nitrogen and oxygen atoms in total. The van der Waals surface area contributed by atoms with Crippen LogP contribution in [0.4, 0.5) is 5.69 Å². The second-order valence-corrected chi connectivity index (χ2v) is 6.11. The zero-order valence-corrected chi connectivity index (χ0v) is 11.7. The Morgan fingerprint density at radius 2 is 1.89 bits per heavy atom.